The van der Waals surface area contributed by atoms with Crippen molar-refractivity contribution in [3.8, 4) is 0 Å². The van der Waals surface area contributed by atoms with Crippen LogP contribution in [-0.2, 0) is 11.2 Å². The van der Waals surface area contributed by atoms with Crippen LogP contribution in [0, 0.1) is 20.8 Å². The van der Waals surface area contributed by atoms with Gasteiger partial charge in [-0.25, -0.2) is 0 Å². The number of fused-ring (bicyclic) bond motifs is 1. The van der Waals surface area contributed by atoms with Crippen molar-refractivity contribution >= 4 is 40.2 Å². The lowest BCUT2D eigenvalue weighted by Crippen LogP contribution is -2.37. The molecule has 0 aliphatic carbocycles. The van der Waals surface area contributed by atoms with Gasteiger partial charge in [0.1, 0.15) is 5.58 Å². The van der Waals surface area contributed by atoms with Crippen LogP contribution in [0.1, 0.15) is 32.6 Å². The van der Waals surface area contributed by atoms with Gasteiger partial charge in [0.25, 0.3) is 5.91 Å². The molecule has 1 aliphatic rings. The number of amides is 2. The number of thioether (sulfide) groups is 1. The van der Waals surface area contributed by atoms with Crippen molar-refractivity contribution in [2.75, 3.05) is 29.9 Å². The molecule has 4 rings (SSSR count). The quantitative estimate of drug-likeness (QED) is 0.660. The molecule has 1 aliphatic heterocycles. The molecule has 1 fully saturated rings. The van der Waals surface area contributed by atoms with Crippen molar-refractivity contribution in [2.24, 2.45) is 0 Å². The summed E-state index contributed by atoms with van der Waals surface area (Å²) in [5, 5.41) is 3.95. The maximum absolute atomic E-state index is 12.7. The summed E-state index contributed by atoms with van der Waals surface area (Å²) in [7, 11) is 0. The Balaban J connectivity index is 1.46. The van der Waals surface area contributed by atoms with Crippen LogP contribution in [0.25, 0.3) is 11.0 Å². The summed E-state index contributed by atoms with van der Waals surface area (Å²) in [4.78, 5) is 27.3. The number of hydrogen-bond donors (Lipinski definition) is 1. The predicted octanol–water partition coefficient (Wildman–Crippen LogP) is 4.73. The SMILES string of the molecule is Cc1cc(C(=O)N2CCSCC2)ccc1NC(=O)Cc1coc2c(C)c(C)ccc12. The molecule has 1 aromatic heterocycles. The van der Waals surface area contributed by atoms with Crippen molar-refractivity contribution in [2.45, 2.75) is 27.2 Å². The molecule has 0 unspecified atom stereocenters. The molecule has 1 N–H and O–H groups in total. The van der Waals surface area contributed by atoms with Crippen LogP contribution in [0.5, 0.6) is 0 Å². The Morgan fingerprint density at radius 1 is 1.07 bits per heavy atom. The van der Waals surface area contributed by atoms with E-state index in [2.05, 4.69) is 11.4 Å². The van der Waals surface area contributed by atoms with Crippen LogP contribution in [-0.4, -0.2) is 41.3 Å². The summed E-state index contributed by atoms with van der Waals surface area (Å²) in [5.41, 5.74) is 6.26. The smallest absolute Gasteiger partial charge is 0.253 e. The standard InChI is InChI=1S/C24H26N2O3S/c1-15-4-6-20-19(14-29-23(20)17(15)3)13-22(27)25-21-7-5-18(12-16(21)2)24(28)26-8-10-30-11-9-26/h4-7,12,14H,8-11,13H2,1-3H3,(H,25,27). The number of aryl methyl sites for hydroxylation is 3. The maximum atomic E-state index is 12.7. The number of nitrogens with zero attached hydrogens (tertiary/aromatic N) is 1. The lowest BCUT2D eigenvalue weighted by molar-refractivity contribution is -0.115. The average molecular weight is 423 g/mol. The highest BCUT2D eigenvalue weighted by Crippen LogP contribution is 2.27. The van der Waals surface area contributed by atoms with Gasteiger partial charge in [0.05, 0.1) is 12.7 Å². The summed E-state index contributed by atoms with van der Waals surface area (Å²) in [5.74, 6) is 1.93. The average Bonchev–Trinajstić information content (AvgIpc) is 3.15. The van der Waals surface area contributed by atoms with E-state index in [0.29, 0.717) is 5.56 Å². The topological polar surface area (TPSA) is 62.6 Å². The van der Waals surface area contributed by atoms with Gasteiger partial charge in [-0.2, -0.15) is 11.8 Å². The molecule has 156 valence electrons. The molecule has 6 heteroatoms. The van der Waals surface area contributed by atoms with E-state index in [1.165, 1.54) is 5.56 Å². The highest BCUT2D eigenvalue weighted by molar-refractivity contribution is 7.99. The van der Waals surface area contributed by atoms with E-state index in [9.17, 15) is 9.59 Å². The van der Waals surface area contributed by atoms with Crippen molar-refractivity contribution in [1.29, 1.82) is 0 Å². The third kappa shape index (κ3) is 4.10. The zero-order valence-corrected chi connectivity index (χ0v) is 18.4. The van der Waals surface area contributed by atoms with Gasteiger partial charge >= 0.3 is 0 Å². The summed E-state index contributed by atoms with van der Waals surface area (Å²) in [6.45, 7) is 7.57. The van der Waals surface area contributed by atoms with E-state index < -0.39 is 0 Å². The summed E-state index contributed by atoms with van der Waals surface area (Å²) in [6, 6.07) is 9.54. The zero-order chi connectivity index (χ0) is 21.3. The molecule has 5 nitrogen and oxygen atoms in total. The third-order valence-corrected chi connectivity index (χ3v) is 6.68. The van der Waals surface area contributed by atoms with Gasteiger partial charge < -0.3 is 14.6 Å². The van der Waals surface area contributed by atoms with Gasteiger partial charge in [-0.05, 0) is 55.7 Å². The normalized spacial score (nSPS) is 14.2. The largest absolute Gasteiger partial charge is 0.464 e. The molecule has 2 amide bonds. The van der Waals surface area contributed by atoms with Gasteiger partial charge in [-0.15, -0.1) is 0 Å². The van der Waals surface area contributed by atoms with Crippen molar-refractivity contribution in [1.82, 2.24) is 4.90 Å². The Bertz CT molecular complexity index is 1110. The Labute approximate surface area is 180 Å². The number of anilines is 1. The van der Waals surface area contributed by atoms with E-state index >= 15 is 0 Å². The molecule has 0 radical (unpaired) electrons. The minimum atomic E-state index is -0.105. The molecule has 30 heavy (non-hydrogen) atoms. The van der Waals surface area contributed by atoms with E-state index in [0.717, 1.165) is 57.9 Å². The monoisotopic (exact) mass is 422 g/mol. The first-order valence-corrected chi connectivity index (χ1v) is 11.3. The molecule has 0 atom stereocenters. The number of furan rings is 1. The number of carbonyl (C=O) groups is 2. The van der Waals surface area contributed by atoms with E-state index in [1.807, 2.05) is 55.6 Å². The highest BCUT2D eigenvalue weighted by Gasteiger charge is 2.19. The molecule has 1 saturated heterocycles. The van der Waals surface area contributed by atoms with E-state index in [1.54, 1.807) is 12.3 Å². The lowest BCUT2D eigenvalue weighted by atomic mass is 10.0. The second-order valence-electron chi connectivity index (χ2n) is 7.80. The number of rotatable bonds is 4. The van der Waals surface area contributed by atoms with Gasteiger partial charge in [-0.1, -0.05) is 12.1 Å². The number of benzene rings is 2. The molecule has 3 aromatic rings. The molecule has 2 heterocycles. The van der Waals surface area contributed by atoms with Crippen LogP contribution < -0.4 is 5.32 Å². The Morgan fingerprint density at radius 2 is 1.83 bits per heavy atom. The fourth-order valence-electron chi connectivity index (χ4n) is 3.78. The predicted molar refractivity (Wildman–Crippen MR) is 122 cm³/mol. The van der Waals surface area contributed by atoms with Crippen LogP contribution in [0.2, 0.25) is 0 Å². The fraction of sp³-hybridized carbons (Fsp3) is 0.333. The van der Waals surface area contributed by atoms with E-state index in [-0.39, 0.29) is 18.2 Å². The first-order chi connectivity index (χ1) is 14.4. The molecular weight excluding hydrogens is 396 g/mol. The molecule has 0 spiro atoms. The Morgan fingerprint density at radius 3 is 2.57 bits per heavy atom. The summed E-state index contributed by atoms with van der Waals surface area (Å²) in [6.07, 6.45) is 1.91. The summed E-state index contributed by atoms with van der Waals surface area (Å²) >= 11 is 1.88. The lowest BCUT2D eigenvalue weighted by Gasteiger charge is -2.26. The molecule has 2 aromatic carbocycles. The van der Waals surface area contributed by atoms with Gasteiger partial charge in [0.15, 0.2) is 0 Å². The fourth-order valence-corrected chi connectivity index (χ4v) is 4.68. The number of nitrogens with one attached hydrogen (secondary N) is 1. The van der Waals surface area contributed by atoms with Crippen LogP contribution >= 0.6 is 11.8 Å². The minimum Gasteiger partial charge on any atom is -0.464 e. The number of hydrogen-bond acceptors (Lipinski definition) is 4. The summed E-state index contributed by atoms with van der Waals surface area (Å²) < 4.78 is 5.71. The van der Waals surface area contributed by atoms with Crippen LogP contribution in [0.4, 0.5) is 5.69 Å². The molecule has 0 saturated carbocycles. The van der Waals surface area contributed by atoms with E-state index in [4.69, 9.17) is 4.42 Å². The Kier molecular flexibility index (Phi) is 5.86. The minimum absolute atomic E-state index is 0.0619. The second-order valence-corrected chi connectivity index (χ2v) is 9.03. The van der Waals surface area contributed by atoms with Crippen LogP contribution in [0.3, 0.4) is 0 Å². The van der Waals surface area contributed by atoms with Crippen molar-refractivity contribution in [3.63, 3.8) is 0 Å². The number of carbonyl (C=O) groups excluding carboxylic acids is 2. The van der Waals surface area contributed by atoms with Crippen LogP contribution in [0.15, 0.2) is 41.0 Å². The van der Waals surface area contributed by atoms with Crippen molar-refractivity contribution < 1.29 is 14.0 Å². The van der Waals surface area contributed by atoms with Gasteiger partial charge in [0, 0.05) is 46.8 Å². The third-order valence-electron chi connectivity index (χ3n) is 5.74. The molecule has 0 bridgehead atoms. The first kappa shape index (κ1) is 20.5. The van der Waals surface area contributed by atoms with Gasteiger partial charge in [-0.3, -0.25) is 9.59 Å². The first-order valence-electron chi connectivity index (χ1n) is 10.2. The Hall–Kier alpha value is -2.73. The second kappa shape index (κ2) is 8.56. The highest BCUT2D eigenvalue weighted by atomic mass is 32.2. The zero-order valence-electron chi connectivity index (χ0n) is 17.6. The van der Waals surface area contributed by atoms with Crippen molar-refractivity contribution in [3.05, 3.63) is 64.4 Å². The maximum Gasteiger partial charge on any atom is 0.253 e. The van der Waals surface area contributed by atoms with Gasteiger partial charge in [0.2, 0.25) is 5.91 Å². The molecular formula is C24H26N2O3S.